The second-order valence-corrected chi connectivity index (χ2v) is 3.70. The Morgan fingerprint density at radius 3 is 3.00 bits per heavy atom. The first-order valence-electron chi connectivity index (χ1n) is 4.76. The molecule has 2 rings (SSSR count). The van der Waals surface area contributed by atoms with Gasteiger partial charge in [0, 0.05) is 0 Å². The number of aromatic nitrogens is 4. The van der Waals surface area contributed by atoms with E-state index in [1.807, 2.05) is 0 Å². The van der Waals surface area contributed by atoms with Gasteiger partial charge in [0.2, 0.25) is 5.82 Å². The van der Waals surface area contributed by atoms with Crippen LogP contribution in [-0.4, -0.2) is 42.0 Å². The van der Waals surface area contributed by atoms with Gasteiger partial charge in [-0.05, 0) is 24.3 Å². The molecule has 0 aliphatic rings. The van der Waals surface area contributed by atoms with Crippen LogP contribution in [0.1, 0.15) is 6.92 Å². The highest BCUT2D eigenvalue weighted by atomic mass is 16.4. The molecule has 1 unspecified atom stereocenters. The molecule has 8 heteroatoms. The molecule has 8 nitrogen and oxygen atoms in total. The molecule has 0 radical (unpaired) electrons. The summed E-state index contributed by atoms with van der Waals surface area (Å²) >= 11 is 0. The number of hydrogen-bond acceptors (Lipinski definition) is 6. The van der Waals surface area contributed by atoms with Crippen LogP contribution in [0.3, 0.4) is 0 Å². The van der Waals surface area contributed by atoms with E-state index in [1.165, 1.54) is 6.26 Å². The van der Waals surface area contributed by atoms with Gasteiger partial charge in [0.25, 0.3) is 0 Å². The number of furan rings is 1. The van der Waals surface area contributed by atoms with E-state index in [2.05, 4.69) is 15.4 Å². The van der Waals surface area contributed by atoms with Crippen LogP contribution in [0.2, 0.25) is 0 Å². The minimum Gasteiger partial charge on any atom is -0.479 e. The van der Waals surface area contributed by atoms with Crippen molar-refractivity contribution >= 4 is 5.97 Å². The minimum absolute atomic E-state index is 0.233. The fourth-order valence-electron chi connectivity index (χ4n) is 1.16. The zero-order chi connectivity index (χ0) is 12.5. The molecule has 2 N–H and O–H groups in total. The van der Waals surface area contributed by atoms with Crippen LogP contribution in [0, 0.1) is 0 Å². The molecule has 2 aromatic rings. The summed E-state index contributed by atoms with van der Waals surface area (Å²) in [6.45, 7) is 0.862. The lowest BCUT2D eigenvalue weighted by Crippen LogP contribution is -2.40. The molecule has 0 aromatic carbocycles. The van der Waals surface area contributed by atoms with Gasteiger partial charge in [-0.15, -0.1) is 10.2 Å². The Morgan fingerprint density at radius 1 is 1.65 bits per heavy atom. The Bertz CT molecular complexity index is 517. The molecule has 0 amide bonds. The van der Waals surface area contributed by atoms with E-state index >= 15 is 0 Å². The van der Waals surface area contributed by atoms with Crippen molar-refractivity contribution in [1.82, 2.24) is 20.2 Å². The molecular formula is C9H10N4O4. The van der Waals surface area contributed by atoms with E-state index in [0.717, 1.165) is 11.7 Å². The lowest BCUT2D eigenvalue weighted by molar-refractivity contribution is -0.158. The van der Waals surface area contributed by atoms with E-state index in [-0.39, 0.29) is 12.4 Å². The number of rotatable bonds is 4. The summed E-state index contributed by atoms with van der Waals surface area (Å²) < 4.78 is 5.05. The number of aliphatic carboxylic acids is 1. The Balaban J connectivity index is 2.17. The number of carboxylic acid groups (broad SMARTS) is 1. The van der Waals surface area contributed by atoms with Gasteiger partial charge in [-0.3, -0.25) is 0 Å². The fourth-order valence-corrected chi connectivity index (χ4v) is 1.16. The van der Waals surface area contributed by atoms with Crippen LogP contribution in [-0.2, 0) is 11.3 Å². The molecule has 0 fully saturated rings. The van der Waals surface area contributed by atoms with Crippen molar-refractivity contribution in [2.45, 2.75) is 19.1 Å². The zero-order valence-corrected chi connectivity index (χ0v) is 8.94. The molecule has 90 valence electrons. The maximum absolute atomic E-state index is 10.7. The van der Waals surface area contributed by atoms with Gasteiger partial charge in [-0.25, -0.2) is 4.79 Å². The fraction of sp³-hybridized carbons (Fsp3) is 0.333. The summed E-state index contributed by atoms with van der Waals surface area (Å²) in [7, 11) is 0. The quantitative estimate of drug-likeness (QED) is 0.755. The van der Waals surface area contributed by atoms with Gasteiger partial charge in [0.1, 0.15) is 6.54 Å². The molecule has 0 aliphatic carbocycles. The lowest BCUT2D eigenvalue weighted by Gasteiger charge is -2.15. The van der Waals surface area contributed by atoms with Crippen LogP contribution >= 0.6 is 0 Å². The third kappa shape index (κ3) is 2.31. The van der Waals surface area contributed by atoms with E-state index in [9.17, 15) is 9.90 Å². The Labute approximate surface area is 95.5 Å². The van der Waals surface area contributed by atoms with Crippen molar-refractivity contribution in [1.29, 1.82) is 0 Å². The topological polar surface area (TPSA) is 114 Å². The maximum Gasteiger partial charge on any atom is 0.337 e. The molecule has 2 aromatic heterocycles. The molecule has 0 saturated carbocycles. The summed E-state index contributed by atoms with van der Waals surface area (Å²) in [5.41, 5.74) is -1.94. The van der Waals surface area contributed by atoms with Gasteiger partial charge in [0.15, 0.2) is 11.4 Å². The van der Waals surface area contributed by atoms with Crippen LogP contribution in [0.5, 0.6) is 0 Å². The average molecular weight is 238 g/mol. The summed E-state index contributed by atoms with van der Waals surface area (Å²) in [4.78, 5) is 11.7. The molecule has 17 heavy (non-hydrogen) atoms. The van der Waals surface area contributed by atoms with Crippen LogP contribution < -0.4 is 0 Å². The first kappa shape index (κ1) is 11.3. The monoisotopic (exact) mass is 238 g/mol. The first-order valence-corrected chi connectivity index (χ1v) is 4.76. The molecular weight excluding hydrogens is 228 g/mol. The number of aliphatic hydroxyl groups is 1. The highest BCUT2D eigenvalue weighted by molar-refractivity contribution is 5.76. The van der Waals surface area contributed by atoms with Crippen LogP contribution in [0.25, 0.3) is 11.6 Å². The van der Waals surface area contributed by atoms with E-state index < -0.39 is 11.6 Å². The molecule has 0 bridgehead atoms. The molecule has 0 saturated heterocycles. The smallest absolute Gasteiger partial charge is 0.337 e. The Kier molecular flexibility index (Phi) is 2.64. The van der Waals surface area contributed by atoms with Gasteiger partial charge in [0.05, 0.1) is 6.26 Å². The Morgan fingerprint density at radius 2 is 2.41 bits per heavy atom. The van der Waals surface area contributed by atoms with E-state index in [4.69, 9.17) is 9.52 Å². The number of carboxylic acids is 1. The third-order valence-corrected chi connectivity index (χ3v) is 2.10. The number of tetrazole rings is 1. The van der Waals surface area contributed by atoms with Crippen molar-refractivity contribution in [2.75, 3.05) is 0 Å². The largest absolute Gasteiger partial charge is 0.479 e. The SMILES string of the molecule is CC(O)(Cn1nnc(-c2ccco2)n1)C(=O)O. The third-order valence-electron chi connectivity index (χ3n) is 2.10. The molecule has 2 heterocycles. The lowest BCUT2D eigenvalue weighted by atomic mass is 10.1. The van der Waals surface area contributed by atoms with Crippen molar-refractivity contribution in [2.24, 2.45) is 0 Å². The normalized spacial score (nSPS) is 14.5. The second kappa shape index (κ2) is 3.98. The number of nitrogens with zero attached hydrogens (tertiary/aromatic N) is 4. The van der Waals surface area contributed by atoms with Gasteiger partial charge in [-0.2, -0.15) is 4.80 Å². The summed E-state index contributed by atoms with van der Waals surface area (Å²) in [6, 6.07) is 3.32. The molecule has 1 atom stereocenters. The summed E-state index contributed by atoms with van der Waals surface area (Å²) in [5, 5.41) is 29.5. The molecule has 0 aliphatic heterocycles. The first-order chi connectivity index (χ1) is 7.99. The number of hydrogen-bond donors (Lipinski definition) is 2. The minimum atomic E-state index is -1.94. The van der Waals surface area contributed by atoms with Gasteiger partial charge < -0.3 is 14.6 Å². The van der Waals surface area contributed by atoms with Gasteiger partial charge >= 0.3 is 5.97 Å². The standard InChI is InChI=1S/C9H10N4O4/c1-9(16,8(14)15)5-13-11-7(10-12-13)6-3-2-4-17-6/h2-4,16H,5H2,1H3,(H,14,15). The van der Waals surface area contributed by atoms with E-state index in [0.29, 0.717) is 5.76 Å². The summed E-state index contributed by atoms with van der Waals surface area (Å²) in [5.74, 6) is -0.697. The predicted molar refractivity (Wildman–Crippen MR) is 53.8 cm³/mol. The highest BCUT2D eigenvalue weighted by Crippen LogP contribution is 2.14. The average Bonchev–Trinajstić information content (AvgIpc) is 2.85. The van der Waals surface area contributed by atoms with E-state index in [1.54, 1.807) is 12.1 Å². The van der Waals surface area contributed by atoms with Crippen LogP contribution in [0.15, 0.2) is 22.8 Å². The summed E-state index contributed by atoms with van der Waals surface area (Å²) in [6.07, 6.45) is 1.46. The zero-order valence-electron chi connectivity index (χ0n) is 8.94. The van der Waals surface area contributed by atoms with Crippen LogP contribution in [0.4, 0.5) is 0 Å². The maximum atomic E-state index is 10.7. The van der Waals surface area contributed by atoms with Crippen molar-refractivity contribution in [3.8, 4) is 11.6 Å². The predicted octanol–water partition coefficient (Wildman–Crippen LogP) is -0.231. The van der Waals surface area contributed by atoms with Crippen molar-refractivity contribution in [3.05, 3.63) is 18.4 Å². The molecule has 0 spiro atoms. The number of carbonyl (C=O) groups is 1. The second-order valence-electron chi connectivity index (χ2n) is 3.70. The van der Waals surface area contributed by atoms with Gasteiger partial charge in [-0.1, -0.05) is 0 Å². The highest BCUT2D eigenvalue weighted by Gasteiger charge is 2.31. The van der Waals surface area contributed by atoms with Crippen molar-refractivity contribution < 1.29 is 19.4 Å². The van der Waals surface area contributed by atoms with Crippen molar-refractivity contribution in [3.63, 3.8) is 0 Å². The Hall–Kier alpha value is -2.22.